The van der Waals surface area contributed by atoms with Gasteiger partial charge >= 0.3 is 23.9 Å². The topological polar surface area (TPSA) is 161 Å². The number of thioether (sulfide) groups is 1. The zero-order chi connectivity index (χ0) is 30.4. The van der Waals surface area contributed by atoms with E-state index in [2.05, 4.69) is 10.4 Å². The summed E-state index contributed by atoms with van der Waals surface area (Å²) in [5.74, 6) is -2.86. The highest BCUT2D eigenvalue weighted by molar-refractivity contribution is 7.99. The number of fused-ring (bicyclic) bond motifs is 1. The lowest BCUT2D eigenvalue weighted by Crippen LogP contribution is -2.61. The van der Waals surface area contributed by atoms with E-state index in [1.165, 1.54) is 11.6 Å². The van der Waals surface area contributed by atoms with E-state index < -0.39 is 59.3 Å². The lowest BCUT2D eigenvalue weighted by atomic mass is 9.99. The number of anilines is 1. The van der Waals surface area contributed by atoms with Crippen molar-refractivity contribution in [2.75, 3.05) is 12.0 Å². The van der Waals surface area contributed by atoms with Crippen LogP contribution in [0.1, 0.15) is 27.7 Å². The van der Waals surface area contributed by atoms with Crippen molar-refractivity contribution in [3.8, 4) is 0 Å². The van der Waals surface area contributed by atoms with Crippen molar-refractivity contribution in [2.45, 2.75) is 62.7 Å². The average molecular weight is 600 g/mol. The number of para-hydroxylation sites is 2. The highest BCUT2D eigenvalue weighted by atomic mass is 32.2. The molecule has 4 rings (SSSR count). The number of nitrogens with zero attached hydrogens (tertiary/aromatic N) is 2. The fourth-order valence-electron chi connectivity index (χ4n) is 4.32. The summed E-state index contributed by atoms with van der Waals surface area (Å²) in [5.41, 5.74) is 2.42. The number of carbonyl (C=O) groups is 4. The van der Waals surface area contributed by atoms with Crippen LogP contribution in [0.3, 0.4) is 0 Å². The smallest absolute Gasteiger partial charge is 0.303 e. The van der Waals surface area contributed by atoms with E-state index in [4.69, 9.17) is 23.7 Å². The normalized spacial score (nSPS) is 21.7. The van der Waals surface area contributed by atoms with Crippen molar-refractivity contribution in [3.63, 3.8) is 0 Å². The average Bonchev–Trinajstić information content (AvgIpc) is 2.93. The molecule has 0 saturated carbocycles. The summed E-state index contributed by atoms with van der Waals surface area (Å²) in [7, 11) is 0. The molecule has 1 aliphatic heterocycles. The molecule has 0 aliphatic carbocycles. The predicted octanol–water partition coefficient (Wildman–Crippen LogP) is 2.45. The van der Waals surface area contributed by atoms with Gasteiger partial charge in [0.05, 0.1) is 16.6 Å². The Bertz CT molecular complexity index is 1530. The molecule has 2 heterocycles. The molecule has 0 radical (unpaired) electrons. The molecule has 1 saturated heterocycles. The Morgan fingerprint density at radius 1 is 0.833 bits per heavy atom. The summed E-state index contributed by atoms with van der Waals surface area (Å²) in [6.07, 6.45) is -5.14. The Balaban J connectivity index is 1.82. The first-order valence-electron chi connectivity index (χ1n) is 12.8. The van der Waals surface area contributed by atoms with Crippen LogP contribution in [0, 0.1) is 0 Å². The van der Waals surface area contributed by atoms with Crippen LogP contribution in [-0.4, -0.2) is 70.0 Å². The van der Waals surface area contributed by atoms with E-state index in [-0.39, 0.29) is 11.8 Å². The summed E-state index contributed by atoms with van der Waals surface area (Å²) in [6, 6.07) is 15.6. The number of hydrogen-bond donors (Lipinski definition) is 1. The van der Waals surface area contributed by atoms with Gasteiger partial charge in [-0.1, -0.05) is 42.1 Å². The van der Waals surface area contributed by atoms with Crippen LogP contribution in [-0.2, 0) is 42.9 Å². The highest BCUT2D eigenvalue weighted by Gasteiger charge is 2.52. The minimum atomic E-state index is -1.36. The second-order valence-electron chi connectivity index (χ2n) is 9.22. The molecule has 1 aromatic heterocycles. The van der Waals surface area contributed by atoms with Crippen molar-refractivity contribution in [2.24, 2.45) is 0 Å². The summed E-state index contributed by atoms with van der Waals surface area (Å²) >= 11 is 0.897. The second-order valence-corrected chi connectivity index (χ2v) is 10.3. The zero-order valence-corrected chi connectivity index (χ0v) is 24.0. The molecule has 14 heteroatoms. The minimum absolute atomic E-state index is 0.114. The number of aromatic nitrogens is 2. The summed E-state index contributed by atoms with van der Waals surface area (Å²) in [5, 5.41) is 0.454. The Labute approximate surface area is 244 Å². The first-order chi connectivity index (χ1) is 20.0. The van der Waals surface area contributed by atoms with Crippen molar-refractivity contribution >= 4 is 52.2 Å². The third kappa shape index (κ3) is 7.44. The molecule has 0 spiro atoms. The van der Waals surface area contributed by atoms with E-state index in [0.29, 0.717) is 16.6 Å². The van der Waals surface area contributed by atoms with Gasteiger partial charge in [-0.05, 0) is 24.3 Å². The Morgan fingerprint density at radius 3 is 2.07 bits per heavy atom. The quantitative estimate of drug-likeness (QED) is 0.217. The fourth-order valence-corrected chi connectivity index (χ4v) is 5.45. The van der Waals surface area contributed by atoms with Gasteiger partial charge in [0.1, 0.15) is 12.7 Å². The van der Waals surface area contributed by atoms with Gasteiger partial charge in [-0.2, -0.15) is 4.68 Å². The van der Waals surface area contributed by atoms with Gasteiger partial charge in [-0.3, -0.25) is 29.4 Å². The molecule has 3 aromatic rings. The maximum atomic E-state index is 13.6. The van der Waals surface area contributed by atoms with E-state index in [9.17, 15) is 24.0 Å². The molecule has 5 atom stereocenters. The van der Waals surface area contributed by atoms with Crippen molar-refractivity contribution in [1.82, 2.24) is 9.66 Å². The van der Waals surface area contributed by atoms with Crippen LogP contribution < -0.4 is 11.0 Å². The molecule has 2 aromatic carbocycles. The standard InChI is InChI=1S/C28H29N3O10S/c1-15(32)37-14-22-23(38-16(2)33)24(39-17(3)34)25(40-18(4)35)27(41-22)42-28-29-21-13-9-8-12-20(21)26(36)31(28)30-19-10-6-5-7-11-19/h5-13,22-25,27,30H,14H2,1-4H3/t22-,23-,24+,25-,27+/m1/s1. The first kappa shape index (κ1) is 30.5. The third-order valence-electron chi connectivity index (χ3n) is 5.93. The molecule has 1 aliphatic rings. The Hall–Kier alpha value is -4.43. The van der Waals surface area contributed by atoms with Crippen LogP contribution in [0.2, 0.25) is 0 Å². The van der Waals surface area contributed by atoms with Crippen molar-refractivity contribution in [1.29, 1.82) is 0 Å². The van der Waals surface area contributed by atoms with Gasteiger partial charge in [-0.15, -0.1) is 0 Å². The molecule has 1 N–H and O–H groups in total. The molecule has 0 bridgehead atoms. The number of ether oxygens (including phenoxy) is 5. The molecular formula is C28H29N3O10S. The number of carbonyl (C=O) groups excluding carboxylic acids is 4. The minimum Gasteiger partial charge on any atom is -0.463 e. The number of esters is 4. The van der Waals surface area contributed by atoms with Crippen LogP contribution in [0.15, 0.2) is 64.5 Å². The summed E-state index contributed by atoms with van der Waals surface area (Å²) < 4.78 is 29.0. The van der Waals surface area contributed by atoms with Crippen LogP contribution in [0.25, 0.3) is 10.9 Å². The van der Waals surface area contributed by atoms with E-state index >= 15 is 0 Å². The van der Waals surface area contributed by atoms with E-state index in [1.807, 2.05) is 6.07 Å². The number of benzene rings is 2. The fraction of sp³-hybridized carbons (Fsp3) is 0.357. The number of nitrogens with one attached hydrogen (secondary N) is 1. The Kier molecular flexibility index (Phi) is 9.80. The molecular weight excluding hydrogens is 570 g/mol. The van der Waals surface area contributed by atoms with Gasteiger partial charge in [0.15, 0.2) is 28.9 Å². The summed E-state index contributed by atoms with van der Waals surface area (Å²) in [4.78, 5) is 66.3. The molecule has 0 amide bonds. The van der Waals surface area contributed by atoms with Gasteiger partial charge < -0.3 is 23.7 Å². The predicted molar refractivity (Wildman–Crippen MR) is 149 cm³/mol. The zero-order valence-electron chi connectivity index (χ0n) is 23.2. The number of rotatable bonds is 9. The lowest BCUT2D eigenvalue weighted by molar-refractivity contribution is -0.237. The monoisotopic (exact) mass is 599 g/mol. The van der Waals surface area contributed by atoms with Crippen molar-refractivity contribution < 1.29 is 42.9 Å². The van der Waals surface area contributed by atoms with Crippen LogP contribution in [0.5, 0.6) is 0 Å². The molecule has 13 nitrogen and oxygen atoms in total. The van der Waals surface area contributed by atoms with Crippen LogP contribution in [0.4, 0.5) is 5.69 Å². The number of hydrogen-bond acceptors (Lipinski definition) is 13. The van der Waals surface area contributed by atoms with Gasteiger partial charge in [0.25, 0.3) is 5.56 Å². The van der Waals surface area contributed by atoms with E-state index in [0.717, 1.165) is 32.5 Å². The SMILES string of the molecule is CC(=O)OC[C@H]1O[C@@H](Sc2nc3ccccc3c(=O)n2Nc2ccccc2)[C@H](OC(C)=O)[C@@H](OC(C)=O)[C@@H]1OC(C)=O. The largest absolute Gasteiger partial charge is 0.463 e. The third-order valence-corrected chi connectivity index (χ3v) is 7.03. The Morgan fingerprint density at radius 2 is 1.43 bits per heavy atom. The van der Waals surface area contributed by atoms with Gasteiger partial charge in [-0.25, -0.2) is 4.98 Å². The maximum Gasteiger partial charge on any atom is 0.303 e. The lowest BCUT2D eigenvalue weighted by Gasteiger charge is -2.44. The first-order valence-corrected chi connectivity index (χ1v) is 13.7. The second kappa shape index (κ2) is 13.5. The van der Waals surface area contributed by atoms with Gasteiger partial charge in [0, 0.05) is 27.7 Å². The molecule has 1 fully saturated rings. The highest BCUT2D eigenvalue weighted by Crippen LogP contribution is 2.37. The molecule has 42 heavy (non-hydrogen) atoms. The maximum absolute atomic E-state index is 13.6. The van der Waals surface area contributed by atoms with Crippen LogP contribution >= 0.6 is 11.8 Å². The molecule has 222 valence electrons. The summed E-state index contributed by atoms with van der Waals surface area (Å²) in [6.45, 7) is 4.24. The van der Waals surface area contributed by atoms with E-state index in [1.54, 1.807) is 48.5 Å². The van der Waals surface area contributed by atoms with Gasteiger partial charge in [0.2, 0.25) is 0 Å². The molecule has 0 unspecified atom stereocenters. The van der Waals surface area contributed by atoms with Crippen molar-refractivity contribution in [3.05, 3.63) is 65.0 Å².